The fourth-order valence-corrected chi connectivity index (χ4v) is 5.68. The number of nitrogen functional groups attached to an aromatic ring is 2. The van der Waals surface area contributed by atoms with Crippen LogP contribution in [0.3, 0.4) is 0 Å². The van der Waals surface area contributed by atoms with Gasteiger partial charge in [0.2, 0.25) is 0 Å². The van der Waals surface area contributed by atoms with Crippen LogP contribution in [0.5, 0.6) is 0 Å². The molecule has 3 heterocycles. The molecule has 2 aliphatic carbocycles. The van der Waals surface area contributed by atoms with Gasteiger partial charge in [0.25, 0.3) is 0 Å². The summed E-state index contributed by atoms with van der Waals surface area (Å²) in [6.07, 6.45) is 3.34. The summed E-state index contributed by atoms with van der Waals surface area (Å²) in [6.45, 7) is 0. The van der Waals surface area contributed by atoms with Crippen LogP contribution < -0.4 is 11.5 Å². The lowest BCUT2D eigenvalue weighted by Gasteiger charge is -2.32. The maximum atomic E-state index is 11.3. The molecule has 33 heavy (non-hydrogen) atoms. The Kier molecular flexibility index (Phi) is 4.34. The van der Waals surface area contributed by atoms with Gasteiger partial charge < -0.3 is 26.2 Å². The molecule has 2 aliphatic rings. The van der Waals surface area contributed by atoms with Crippen molar-refractivity contribution in [3.05, 3.63) is 54.5 Å². The molecule has 6 N–H and O–H groups in total. The lowest BCUT2D eigenvalue weighted by atomic mass is 9.72. The van der Waals surface area contributed by atoms with Crippen molar-refractivity contribution in [1.82, 2.24) is 19.5 Å². The number of hydrogen-bond donors (Lipinski definition) is 4. The molecule has 0 bridgehead atoms. The summed E-state index contributed by atoms with van der Waals surface area (Å²) >= 11 is 0. The molecule has 4 aromatic rings. The first kappa shape index (κ1) is 20.0. The fraction of sp³-hybridized carbons (Fsp3) is 0.320. The molecular weight excluding hydrogens is 416 g/mol. The van der Waals surface area contributed by atoms with E-state index in [1.807, 2.05) is 35.0 Å². The SMILES string of the molecule is Nc1ccc2ccc(CC[C@@]34CC#C[C@@H]3[C@@H](n3ccc5c(N)ncnc53)[C@H](O)[C@@H]4O)cc2n1. The highest BCUT2D eigenvalue weighted by atomic mass is 16.3. The van der Waals surface area contributed by atoms with Crippen LogP contribution in [-0.4, -0.2) is 41.9 Å². The van der Waals surface area contributed by atoms with E-state index in [2.05, 4.69) is 32.9 Å². The van der Waals surface area contributed by atoms with Crippen LogP contribution >= 0.6 is 0 Å². The van der Waals surface area contributed by atoms with Gasteiger partial charge in [-0.05, 0) is 42.7 Å². The van der Waals surface area contributed by atoms with Gasteiger partial charge in [-0.15, -0.1) is 5.92 Å². The lowest BCUT2D eigenvalue weighted by molar-refractivity contribution is -0.0308. The largest absolute Gasteiger partial charge is 0.390 e. The number of aliphatic hydroxyl groups excluding tert-OH is 2. The summed E-state index contributed by atoms with van der Waals surface area (Å²) in [5.41, 5.74) is 13.9. The molecule has 1 saturated carbocycles. The number of nitrogens with zero attached hydrogens (tertiary/aromatic N) is 4. The first-order valence-corrected chi connectivity index (χ1v) is 11.0. The predicted molar refractivity (Wildman–Crippen MR) is 126 cm³/mol. The van der Waals surface area contributed by atoms with Gasteiger partial charge in [0, 0.05) is 23.4 Å². The van der Waals surface area contributed by atoms with Crippen molar-refractivity contribution in [2.75, 3.05) is 11.5 Å². The highest BCUT2D eigenvalue weighted by Gasteiger charge is 2.60. The van der Waals surface area contributed by atoms with E-state index in [0.717, 1.165) is 28.3 Å². The molecule has 1 aromatic carbocycles. The van der Waals surface area contributed by atoms with Crippen molar-refractivity contribution in [1.29, 1.82) is 0 Å². The quantitative estimate of drug-likeness (QED) is 0.357. The molecule has 8 heteroatoms. The van der Waals surface area contributed by atoms with Gasteiger partial charge in [-0.1, -0.05) is 18.1 Å². The normalized spacial score (nSPS) is 28.2. The molecule has 5 atom stereocenters. The molecule has 0 radical (unpaired) electrons. The van der Waals surface area contributed by atoms with Gasteiger partial charge in [-0.3, -0.25) is 0 Å². The van der Waals surface area contributed by atoms with Gasteiger partial charge in [0.1, 0.15) is 29.7 Å². The van der Waals surface area contributed by atoms with E-state index in [-0.39, 0.29) is 5.92 Å². The van der Waals surface area contributed by atoms with Gasteiger partial charge in [-0.25, -0.2) is 15.0 Å². The second-order valence-corrected chi connectivity index (χ2v) is 9.12. The van der Waals surface area contributed by atoms with Crippen LogP contribution in [0.2, 0.25) is 0 Å². The second kappa shape index (κ2) is 7.17. The van der Waals surface area contributed by atoms with Crippen LogP contribution in [0.15, 0.2) is 48.9 Å². The topological polar surface area (TPSA) is 136 Å². The highest BCUT2D eigenvalue weighted by Crippen LogP contribution is 2.56. The van der Waals surface area contributed by atoms with Crippen molar-refractivity contribution < 1.29 is 10.2 Å². The Morgan fingerprint density at radius 1 is 1.12 bits per heavy atom. The molecule has 1 fully saturated rings. The Bertz CT molecular complexity index is 1450. The van der Waals surface area contributed by atoms with E-state index in [1.54, 1.807) is 6.07 Å². The van der Waals surface area contributed by atoms with Crippen LogP contribution in [0.25, 0.3) is 21.9 Å². The monoisotopic (exact) mass is 440 g/mol. The minimum absolute atomic E-state index is 0.205. The number of fused-ring (bicyclic) bond motifs is 3. The number of aliphatic hydroxyl groups is 2. The number of nitrogens with two attached hydrogens (primary N) is 2. The lowest BCUT2D eigenvalue weighted by Crippen LogP contribution is -2.37. The van der Waals surface area contributed by atoms with E-state index in [4.69, 9.17) is 11.5 Å². The predicted octanol–water partition coefficient (Wildman–Crippen LogP) is 2.06. The highest BCUT2D eigenvalue weighted by molar-refractivity contribution is 5.86. The number of pyridine rings is 1. The Morgan fingerprint density at radius 2 is 1.97 bits per heavy atom. The third-order valence-corrected chi connectivity index (χ3v) is 7.42. The third-order valence-electron chi connectivity index (χ3n) is 7.42. The minimum atomic E-state index is -0.963. The molecule has 0 aliphatic heterocycles. The van der Waals surface area contributed by atoms with Gasteiger partial charge in [0.05, 0.1) is 29.0 Å². The van der Waals surface area contributed by atoms with Crippen molar-refractivity contribution in [2.24, 2.45) is 11.3 Å². The summed E-state index contributed by atoms with van der Waals surface area (Å²) in [5.74, 6) is 7.21. The first-order valence-electron chi connectivity index (χ1n) is 11.0. The zero-order valence-corrected chi connectivity index (χ0v) is 17.9. The summed E-state index contributed by atoms with van der Waals surface area (Å²) in [4.78, 5) is 12.9. The molecule has 0 unspecified atom stereocenters. The average Bonchev–Trinajstić information content (AvgIpc) is 3.48. The fourth-order valence-electron chi connectivity index (χ4n) is 5.68. The van der Waals surface area contributed by atoms with Crippen molar-refractivity contribution in [2.45, 2.75) is 37.5 Å². The number of benzene rings is 1. The van der Waals surface area contributed by atoms with Gasteiger partial charge in [0.15, 0.2) is 0 Å². The van der Waals surface area contributed by atoms with E-state index in [0.29, 0.717) is 30.1 Å². The van der Waals surface area contributed by atoms with Crippen molar-refractivity contribution >= 4 is 33.6 Å². The summed E-state index contributed by atoms with van der Waals surface area (Å²) in [7, 11) is 0. The maximum absolute atomic E-state index is 11.3. The molecule has 166 valence electrons. The number of aryl methyl sites for hydroxylation is 1. The molecular formula is C25H24N6O2. The number of rotatable bonds is 4. The van der Waals surface area contributed by atoms with Crippen molar-refractivity contribution in [3.8, 4) is 11.8 Å². The van der Waals surface area contributed by atoms with E-state index in [9.17, 15) is 10.2 Å². The third kappa shape index (κ3) is 2.90. The van der Waals surface area contributed by atoms with Crippen LogP contribution in [0.4, 0.5) is 11.6 Å². The second-order valence-electron chi connectivity index (χ2n) is 9.12. The van der Waals surface area contributed by atoms with Gasteiger partial charge >= 0.3 is 0 Å². The van der Waals surface area contributed by atoms with Crippen LogP contribution in [0.1, 0.15) is 24.4 Å². The van der Waals surface area contributed by atoms with E-state index >= 15 is 0 Å². The van der Waals surface area contributed by atoms with E-state index < -0.39 is 23.7 Å². The van der Waals surface area contributed by atoms with Gasteiger partial charge in [-0.2, -0.15) is 0 Å². The minimum Gasteiger partial charge on any atom is -0.390 e. The molecule has 0 saturated heterocycles. The number of aromatic nitrogens is 4. The van der Waals surface area contributed by atoms with E-state index in [1.165, 1.54) is 6.33 Å². The Labute approximate surface area is 190 Å². The molecule has 3 aromatic heterocycles. The summed E-state index contributed by atoms with van der Waals surface area (Å²) < 4.78 is 1.90. The standard InChI is InChI=1S/C25H24N6O2/c26-19-6-5-15-4-3-14(12-18(15)30-19)7-10-25-9-1-2-17(25)20(21(32)22(25)33)31-11-8-16-23(27)28-13-29-24(16)31/h3-6,8,11-13,17,20-22,32-33H,7,9-10H2,(H2,26,30)(H2,27,28,29)/t17-,20-,21+,22+,25+/m1/s1. The molecule has 8 nitrogen and oxygen atoms in total. The Morgan fingerprint density at radius 3 is 2.85 bits per heavy atom. The molecule has 0 amide bonds. The maximum Gasteiger partial charge on any atom is 0.145 e. The molecule has 0 spiro atoms. The Balaban J connectivity index is 1.33. The summed E-state index contributed by atoms with van der Waals surface area (Å²) in [6, 6.07) is 11.3. The smallest absolute Gasteiger partial charge is 0.145 e. The first-order chi connectivity index (χ1) is 16.0. The van der Waals surface area contributed by atoms with Crippen LogP contribution in [0, 0.1) is 23.2 Å². The van der Waals surface area contributed by atoms with Crippen LogP contribution in [-0.2, 0) is 6.42 Å². The number of hydrogen-bond acceptors (Lipinski definition) is 7. The van der Waals surface area contributed by atoms with Crippen molar-refractivity contribution in [3.63, 3.8) is 0 Å². The zero-order chi connectivity index (χ0) is 22.7. The summed E-state index contributed by atoms with van der Waals surface area (Å²) in [5, 5.41) is 24.2. The Hall–Kier alpha value is -3.67. The zero-order valence-electron chi connectivity index (χ0n) is 17.9. The number of anilines is 2. The average molecular weight is 441 g/mol. The molecule has 6 rings (SSSR count).